The van der Waals surface area contributed by atoms with Gasteiger partial charge in [0.1, 0.15) is 11.3 Å². The number of rotatable bonds is 10. The van der Waals surface area contributed by atoms with Gasteiger partial charge in [-0.15, -0.1) is 0 Å². The van der Waals surface area contributed by atoms with Crippen molar-refractivity contribution in [3.8, 4) is 5.75 Å². The van der Waals surface area contributed by atoms with Crippen LogP contribution in [0.3, 0.4) is 0 Å². The van der Waals surface area contributed by atoms with Gasteiger partial charge in [-0.05, 0) is 54.4 Å². The van der Waals surface area contributed by atoms with Crippen LogP contribution in [0.5, 0.6) is 5.75 Å². The highest BCUT2D eigenvalue weighted by Gasteiger charge is 2.39. The third kappa shape index (κ3) is 6.82. The van der Waals surface area contributed by atoms with Gasteiger partial charge >= 0.3 is 11.8 Å². The molecule has 0 N–H and O–H groups in total. The zero-order valence-electron chi connectivity index (χ0n) is 23.9. The highest BCUT2D eigenvalue weighted by Crippen LogP contribution is 2.38. The van der Waals surface area contributed by atoms with Gasteiger partial charge in [0.05, 0.1) is 18.1 Å². The first kappa shape index (κ1) is 30.3. The number of nitrogens with zero attached hydrogens (tertiary/aromatic N) is 1. The van der Waals surface area contributed by atoms with E-state index >= 15 is 0 Å². The fourth-order valence-corrected chi connectivity index (χ4v) is 5.25. The molecule has 1 aromatic heterocycles. The minimum Gasteiger partial charge on any atom is -0.493 e. The topological polar surface area (TPSA) is 76.8 Å². The molecule has 3 aromatic rings. The Balaban J connectivity index is 1.33. The molecule has 41 heavy (non-hydrogen) atoms. The number of ether oxygens (including phenoxy) is 1. The van der Waals surface area contributed by atoms with Crippen LogP contribution >= 0.6 is 0 Å². The van der Waals surface area contributed by atoms with Crippen molar-refractivity contribution in [2.45, 2.75) is 83.7 Å². The Morgan fingerprint density at radius 2 is 1.68 bits per heavy atom. The minimum atomic E-state index is -4.69. The van der Waals surface area contributed by atoms with Crippen LogP contribution in [0.1, 0.15) is 88.0 Å². The summed E-state index contributed by atoms with van der Waals surface area (Å²) in [4.78, 5) is 38.8. The summed E-state index contributed by atoms with van der Waals surface area (Å²) in [6, 6.07) is 11.1. The van der Waals surface area contributed by atoms with Crippen molar-refractivity contribution in [3.05, 3.63) is 75.1 Å². The Morgan fingerprint density at radius 1 is 0.976 bits per heavy atom. The molecule has 2 heterocycles. The van der Waals surface area contributed by atoms with Crippen molar-refractivity contribution in [1.82, 2.24) is 4.90 Å². The van der Waals surface area contributed by atoms with Crippen LogP contribution in [0.15, 0.2) is 51.7 Å². The number of halogens is 3. The van der Waals surface area contributed by atoms with Gasteiger partial charge in [0.15, 0.2) is 0 Å². The van der Waals surface area contributed by atoms with Crippen LogP contribution in [0, 0.1) is 0 Å². The molecule has 2 aromatic carbocycles. The standard InChI is InChI=1S/C32H36F3NO5/c1-5-9-23-26(15-14-22-25(32(33,34)35)19-28(38)41-29(22)23)40-17-8-6-7-16-36-27(37)18-24(30(36)39)20-10-12-21(13-11-20)31(2,3)4/h10-15,19,24H,5-9,16-18H2,1-4H3. The maximum Gasteiger partial charge on any atom is 0.417 e. The molecule has 1 unspecified atom stereocenters. The second kappa shape index (κ2) is 12.1. The minimum absolute atomic E-state index is 0.00205. The second-order valence-corrected chi connectivity index (χ2v) is 11.6. The number of hydrogen-bond acceptors (Lipinski definition) is 5. The van der Waals surface area contributed by atoms with Gasteiger partial charge in [0.2, 0.25) is 11.8 Å². The molecule has 1 fully saturated rings. The molecule has 0 bridgehead atoms. The first-order chi connectivity index (χ1) is 19.3. The molecule has 6 nitrogen and oxygen atoms in total. The number of alkyl halides is 3. The summed E-state index contributed by atoms with van der Waals surface area (Å²) in [6.07, 6.45) is -1.60. The fraction of sp³-hybridized carbons (Fsp3) is 0.469. The van der Waals surface area contributed by atoms with Crippen LogP contribution in [0.25, 0.3) is 11.0 Å². The number of benzene rings is 2. The number of carbonyl (C=O) groups is 2. The van der Waals surface area contributed by atoms with Crippen molar-refractivity contribution >= 4 is 22.8 Å². The van der Waals surface area contributed by atoms with Gasteiger partial charge in [-0.3, -0.25) is 14.5 Å². The number of hydrogen-bond donors (Lipinski definition) is 0. The summed E-state index contributed by atoms with van der Waals surface area (Å²) >= 11 is 0. The predicted octanol–water partition coefficient (Wildman–Crippen LogP) is 7.15. The van der Waals surface area contributed by atoms with Gasteiger partial charge in [0.25, 0.3) is 0 Å². The molecular formula is C32H36F3NO5. The molecule has 0 saturated carbocycles. The summed E-state index contributed by atoms with van der Waals surface area (Å²) in [5.41, 5.74) is 0.266. The maximum absolute atomic E-state index is 13.5. The number of imide groups is 1. The number of aryl methyl sites for hydroxylation is 1. The number of fused-ring (bicyclic) bond motifs is 1. The zero-order chi connectivity index (χ0) is 29.9. The molecular weight excluding hydrogens is 535 g/mol. The van der Waals surface area contributed by atoms with E-state index in [9.17, 15) is 27.6 Å². The molecule has 1 aliphatic rings. The van der Waals surface area contributed by atoms with E-state index in [0.29, 0.717) is 56.0 Å². The predicted molar refractivity (Wildman–Crippen MR) is 150 cm³/mol. The first-order valence-electron chi connectivity index (χ1n) is 14.1. The lowest BCUT2D eigenvalue weighted by atomic mass is 9.85. The van der Waals surface area contributed by atoms with E-state index in [-0.39, 0.29) is 41.2 Å². The molecule has 0 aliphatic carbocycles. The van der Waals surface area contributed by atoms with E-state index in [4.69, 9.17) is 9.15 Å². The number of likely N-dealkylation sites (tertiary alicyclic amines) is 1. The van der Waals surface area contributed by atoms with Crippen molar-refractivity contribution in [2.75, 3.05) is 13.2 Å². The fourth-order valence-electron chi connectivity index (χ4n) is 5.25. The molecule has 1 saturated heterocycles. The SMILES string of the molecule is CCCc1c(OCCCCCN2C(=O)CC(c3ccc(C(C)(C)C)cc3)C2=O)ccc2c(C(F)(F)F)cc(=O)oc12. The van der Waals surface area contributed by atoms with E-state index in [1.54, 1.807) is 0 Å². The molecule has 1 atom stereocenters. The molecule has 1 aliphatic heterocycles. The Hall–Kier alpha value is -3.62. The molecule has 2 amide bonds. The van der Waals surface area contributed by atoms with Crippen molar-refractivity contribution in [3.63, 3.8) is 0 Å². The first-order valence-corrected chi connectivity index (χ1v) is 14.1. The number of carbonyl (C=O) groups excluding carboxylic acids is 2. The largest absolute Gasteiger partial charge is 0.493 e. The van der Waals surface area contributed by atoms with Gasteiger partial charge in [0, 0.05) is 30.0 Å². The second-order valence-electron chi connectivity index (χ2n) is 11.6. The van der Waals surface area contributed by atoms with E-state index in [1.165, 1.54) is 22.6 Å². The molecule has 4 rings (SSSR count). The monoisotopic (exact) mass is 571 g/mol. The average molecular weight is 572 g/mol. The van der Waals surface area contributed by atoms with Crippen LogP contribution in [-0.2, 0) is 27.6 Å². The van der Waals surface area contributed by atoms with Gasteiger partial charge in [-0.25, -0.2) is 4.79 Å². The van der Waals surface area contributed by atoms with E-state index in [1.807, 2.05) is 31.2 Å². The summed E-state index contributed by atoms with van der Waals surface area (Å²) in [6.45, 7) is 8.86. The van der Waals surface area contributed by atoms with E-state index < -0.39 is 23.3 Å². The highest BCUT2D eigenvalue weighted by molar-refractivity contribution is 6.06. The van der Waals surface area contributed by atoms with Gasteiger partial charge in [-0.2, -0.15) is 13.2 Å². The van der Waals surface area contributed by atoms with Crippen LogP contribution in [0.2, 0.25) is 0 Å². The normalized spacial score (nSPS) is 16.2. The lowest BCUT2D eigenvalue weighted by molar-refractivity contribution is -0.139. The van der Waals surface area contributed by atoms with Gasteiger partial charge in [-0.1, -0.05) is 58.4 Å². The van der Waals surface area contributed by atoms with Crippen LogP contribution < -0.4 is 10.4 Å². The van der Waals surface area contributed by atoms with Crippen molar-refractivity contribution in [1.29, 1.82) is 0 Å². The average Bonchev–Trinajstić information content (AvgIpc) is 3.18. The number of amides is 2. The summed E-state index contributed by atoms with van der Waals surface area (Å²) in [5.74, 6) is -0.416. The Morgan fingerprint density at radius 3 is 2.32 bits per heavy atom. The van der Waals surface area contributed by atoms with Crippen LogP contribution in [-0.4, -0.2) is 29.9 Å². The molecule has 0 radical (unpaired) electrons. The lowest BCUT2D eigenvalue weighted by Crippen LogP contribution is -2.31. The third-order valence-electron chi connectivity index (χ3n) is 7.48. The van der Waals surface area contributed by atoms with Gasteiger partial charge < -0.3 is 9.15 Å². The van der Waals surface area contributed by atoms with E-state index in [2.05, 4.69) is 20.8 Å². The highest BCUT2D eigenvalue weighted by atomic mass is 19.4. The van der Waals surface area contributed by atoms with E-state index in [0.717, 1.165) is 5.56 Å². The smallest absolute Gasteiger partial charge is 0.417 e. The number of unbranched alkanes of at least 4 members (excludes halogenated alkanes) is 2. The molecule has 220 valence electrons. The Bertz CT molecular complexity index is 1470. The molecule has 9 heteroatoms. The van der Waals surface area contributed by atoms with Crippen LogP contribution in [0.4, 0.5) is 13.2 Å². The molecule has 0 spiro atoms. The third-order valence-corrected chi connectivity index (χ3v) is 7.48. The van der Waals surface area contributed by atoms with Crippen molar-refractivity contribution in [2.24, 2.45) is 0 Å². The lowest BCUT2D eigenvalue weighted by Gasteiger charge is -2.20. The quantitative estimate of drug-likeness (QED) is 0.147. The Labute approximate surface area is 237 Å². The summed E-state index contributed by atoms with van der Waals surface area (Å²) in [5, 5.41) is -0.170. The zero-order valence-corrected chi connectivity index (χ0v) is 23.9. The maximum atomic E-state index is 13.5. The van der Waals surface area contributed by atoms with Crippen molar-refractivity contribution < 1.29 is 31.9 Å². The summed E-state index contributed by atoms with van der Waals surface area (Å²) < 4.78 is 51.6. The Kier molecular flexibility index (Phi) is 8.94. The summed E-state index contributed by atoms with van der Waals surface area (Å²) in [7, 11) is 0.